The van der Waals surface area contributed by atoms with Crippen LogP contribution in [0.4, 0.5) is 0 Å². The summed E-state index contributed by atoms with van der Waals surface area (Å²) in [6.45, 7) is 4.86. The van der Waals surface area contributed by atoms with Gasteiger partial charge in [0.1, 0.15) is 0 Å². The summed E-state index contributed by atoms with van der Waals surface area (Å²) in [5.41, 5.74) is -1.03. The van der Waals surface area contributed by atoms with E-state index in [4.69, 9.17) is 10.00 Å². The maximum Gasteiger partial charge on any atom is 0.0808 e. The van der Waals surface area contributed by atoms with Gasteiger partial charge in [0.25, 0.3) is 0 Å². The Balaban J connectivity index is 2.50. The van der Waals surface area contributed by atoms with Crippen molar-refractivity contribution in [3.63, 3.8) is 0 Å². The van der Waals surface area contributed by atoms with E-state index in [1.807, 2.05) is 0 Å². The van der Waals surface area contributed by atoms with Gasteiger partial charge in [0.2, 0.25) is 0 Å². The largest absolute Gasteiger partial charge is 0.390 e. The molecular formula is C11H19NO2. The molecule has 1 heterocycles. The third-order valence-corrected chi connectivity index (χ3v) is 2.77. The van der Waals surface area contributed by atoms with Gasteiger partial charge < -0.3 is 9.84 Å². The summed E-state index contributed by atoms with van der Waals surface area (Å²) in [7, 11) is 0. The zero-order valence-corrected chi connectivity index (χ0v) is 9.05. The van der Waals surface area contributed by atoms with E-state index in [1.54, 1.807) is 13.8 Å². The van der Waals surface area contributed by atoms with Gasteiger partial charge in [0, 0.05) is 6.61 Å². The smallest absolute Gasteiger partial charge is 0.0808 e. The summed E-state index contributed by atoms with van der Waals surface area (Å²) in [5.74, 6) is 0. The zero-order chi connectivity index (χ0) is 10.7. The van der Waals surface area contributed by atoms with E-state index in [0.29, 0.717) is 13.0 Å². The van der Waals surface area contributed by atoms with Gasteiger partial charge in [-0.1, -0.05) is 0 Å². The van der Waals surface area contributed by atoms with E-state index >= 15 is 0 Å². The summed E-state index contributed by atoms with van der Waals surface area (Å²) in [4.78, 5) is 0. The fourth-order valence-electron chi connectivity index (χ4n) is 1.74. The minimum atomic E-state index is -0.679. The number of nitrogens with zero attached hydrogens (tertiary/aromatic N) is 1. The Bertz CT molecular complexity index is 218. The Kier molecular flexibility index (Phi) is 3.52. The van der Waals surface area contributed by atoms with Crippen LogP contribution in [-0.4, -0.2) is 23.9 Å². The second kappa shape index (κ2) is 4.29. The normalized spacial score (nSPS) is 28.4. The van der Waals surface area contributed by atoms with Crippen LogP contribution < -0.4 is 0 Å². The first-order valence-corrected chi connectivity index (χ1v) is 5.19. The van der Waals surface area contributed by atoms with Gasteiger partial charge in [-0.25, -0.2) is 0 Å². The highest BCUT2D eigenvalue weighted by Crippen LogP contribution is 2.34. The maximum absolute atomic E-state index is 9.61. The Morgan fingerprint density at radius 3 is 2.71 bits per heavy atom. The first-order chi connectivity index (χ1) is 6.47. The SMILES string of the molecule is CC(C)(O)CCC1(C#N)CCCOC1. The van der Waals surface area contributed by atoms with Crippen LogP contribution >= 0.6 is 0 Å². The number of ether oxygens (including phenoxy) is 1. The van der Waals surface area contributed by atoms with Crippen molar-refractivity contribution >= 4 is 0 Å². The molecule has 1 aliphatic rings. The van der Waals surface area contributed by atoms with Crippen LogP contribution in [0.3, 0.4) is 0 Å². The maximum atomic E-state index is 9.61. The number of aliphatic hydroxyl groups is 1. The minimum Gasteiger partial charge on any atom is -0.390 e. The highest BCUT2D eigenvalue weighted by molar-refractivity contribution is 5.00. The number of nitriles is 1. The molecule has 0 saturated carbocycles. The van der Waals surface area contributed by atoms with Gasteiger partial charge in [0.05, 0.1) is 23.7 Å². The van der Waals surface area contributed by atoms with Crippen molar-refractivity contribution in [1.82, 2.24) is 0 Å². The quantitative estimate of drug-likeness (QED) is 0.751. The minimum absolute atomic E-state index is 0.349. The Morgan fingerprint density at radius 2 is 2.29 bits per heavy atom. The summed E-state index contributed by atoms with van der Waals surface area (Å²) in [5, 5.41) is 18.7. The molecule has 1 saturated heterocycles. The van der Waals surface area contributed by atoms with Crippen molar-refractivity contribution in [1.29, 1.82) is 5.26 Å². The number of hydrogen-bond donors (Lipinski definition) is 1. The van der Waals surface area contributed by atoms with Gasteiger partial charge in [-0.15, -0.1) is 0 Å². The van der Waals surface area contributed by atoms with E-state index in [9.17, 15) is 5.11 Å². The van der Waals surface area contributed by atoms with Crippen molar-refractivity contribution in [2.75, 3.05) is 13.2 Å². The Labute approximate surface area is 85.7 Å². The predicted molar refractivity (Wildman–Crippen MR) is 53.6 cm³/mol. The average molecular weight is 197 g/mol. The summed E-state index contributed by atoms with van der Waals surface area (Å²) >= 11 is 0. The molecule has 1 aliphatic heterocycles. The molecule has 3 heteroatoms. The third-order valence-electron chi connectivity index (χ3n) is 2.77. The van der Waals surface area contributed by atoms with Gasteiger partial charge in [-0.3, -0.25) is 0 Å². The lowest BCUT2D eigenvalue weighted by Gasteiger charge is -2.32. The van der Waals surface area contributed by atoms with Crippen LogP contribution in [0.5, 0.6) is 0 Å². The van der Waals surface area contributed by atoms with Crippen LogP contribution in [0.15, 0.2) is 0 Å². The summed E-state index contributed by atoms with van der Waals surface area (Å²) < 4.78 is 5.34. The van der Waals surface area contributed by atoms with Crippen LogP contribution in [0.2, 0.25) is 0 Å². The second-order valence-electron chi connectivity index (χ2n) is 4.86. The van der Waals surface area contributed by atoms with Crippen molar-refractivity contribution in [3.05, 3.63) is 0 Å². The fourth-order valence-corrected chi connectivity index (χ4v) is 1.74. The lowest BCUT2D eigenvalue weighted by atomic mass is 9.78. The molecule has 0 amide bonds. The van der Waals surface area contributed by atoms with Crippen molar-refractivity contribution in [2.45, 2.75) is 45.1 Å². The van der Waals surface area contributed by atoms with Gasteiger partial charge in [-0.2, -0.15) is 5.26 Å². The first-order valence-electron chi connectivity index (χ1n) is 5.19. The molecule has 1 fully saturated rings. The number of hydrogen-bond acceptors (Lipinski definition) is 3. The molecule has 0 aliphatic carbocycles. The lowest BCUT2D eigenvalue weighted by Crippen LogP contribution is -2.33. The fraction of sp³-hybridized carbons (Fsp3) is 0.909. The molecule has 1 atom stereocenters. The highest BCUT2D eigenvalue weighted by atomic mass is 16.5. The topological polar surface area (TPSA) is 53.2 Å². The Hall–Kier alpha value is -0.590. The lowest BCUT2D eigenvalue weighted by molar-refractivity contribution is -0.00154. The van der Waals surface area contributed by atoms with Crippen LogP contribution in [0.1, 0.15) is 39.5 Å². The Morgan fingerprint density at radius 1 is 1.57 bits per heavy atom. The predicted octanol–water partition coefficient (Wildman–Crippen LogP) is 1.86. The molecule has 0 aromatic heterocycles. The van der Waals surface area contributed by atoms with Crippen LogP contribution in [-0.2, 0) is 4.74 Å². The van der Waals surface area contributed by atoms with Crippen LogP contribution in [0.25, 0.3) is 0 Å². The van der Waals surface area contributed by atoms with Crippen molar-refractivity contribution < 1.29 is 9.84 Å². The molecule has 0 bridgehead atoms. The van der Waals surface area contributed by atoms with Crippen molar-refractivity contribution in [3.8, 4) is 6.07 Å². The first kappa shape index (κ1) is 11.5. The molecule has 0 aromatic carbocycles. The van der Waals surface area contributed by atoms with Gasteiger partial charge >= 0.3 is 0 Å². The van der Waals surface area contributed by atoms with E-state index < -0.39 is 5.60 Å². The van der Waals surface area contributed by atoms with E-state index in [2.05, 4.69) is 6.07 Å². The van der Waals surface area contributed by atoms with Gasteiger partial charge in [-0.05, 0) is 39.5 Å². The van der Waals surface area contributed by atoms with Crippen LogP contribution in [0, 0.1) is 16.7 Å². The molecule has 0 radical (unpaired) electrons. The molecule has 0 aromatic rings. The van der Waals surface area contributed by atoms with E-state index in [1.165, 1.54) is 0 Å². The molecule has 1 unspecified atom stereocenters. The zero-order valence-electron chi connectivity index (χ0n) is 9.05. The van der Waals surface area contributed by atoms with Gasteiger partial charge in [0.15, 0.2) is 0 Å². The molecule has 0 spiro atoms. The van der Waals surface area contributed by atoms with E-state index in [0.717, 1.165) is 25.9 Å². The molecular weight excluding hydrogens is 178 g/mol. The van der Waals surface area contributed by atoms with E-state index in [-0.39, 0.29) is 5.41 Å². The molecule has 14 heavy (non-hydrogen) atoms. The molecule has 80 valence electrons. The second-order valence-corrected chi connectivity index (χ2v) is 4.86. The molecule has 3 nitrogen and oxygen atoms in total. The molecule has 1 rings (SSSR count). The average Bonchev–Trinajstić information content (AvgIpc) is 2.15. The number of rotatable bonds is 3. The summed E-state index contributed by atoms with van der Waals surface area (Å²) in [6, 6.07) is 2.35. The standard InChI is InChI=1S/C11H19NO2/c1-10(2,13)5-6-11(8-12)4-3-7-14-9-11/h13H,3-7,9H2,1-2H3. The highest BCUT2D eigenvalue weighted by Gasteiger charge is 2.34. The molecule has 1 N–H and O–H groups in total. The monoisotopic (exact) mass is 197 g/mol. The summed E-state index contributed by atoms with van der Waals surface area (Å²) in [6.07, 6.45) is 3.25. The third kappa shape index (κ3) is 3.28. The van der Waals surface area contributed by atoms with Crippen molar-refractivity contribution in [2.24, 2.45) is 5.41 Å².